The molecule has 0 radical (unpaired) electrons. The minimum atomic E-state index is -0.693. The third-order valence-electron chi connectivity index (χ3n) is 4.38. The van der Waals surface area contributed by atoms with E-state index < -0.39 is 23.1 Å². The van der Waals surface area contributed by atoms with Crippen LogP contribution < -0.4 is 11.2 Å². The maximum atomic E-state index is 12.6. The summed E-state index contributed by atoms with van der Waals surface area (Å²) in [4.78, 5) is 41.2. The lowest BCUT2D eigenvalue weighted by Crippen LogP contribution is -2.38. The van der Waals surface area contributed by atoms with Crippen LogP contribution in [0.15, 0.2) is 48.7 Å². The first kappa shape index (κ1) is 21.7. The quantitative estimate of drug-likeness (QED) is 0.435. The monoisotopic (exact) mass is 491 g/mol. The SMILES string of the molecule is CCOC(=O)c1c(-c2ccc(Br)cc2)csc1N=Cc1c(O)n(C)c(=O)n(C)c1=O. The van der Waals surface area contributed by atoms with Crippen LogP contribution in [0.5, 0.6) is 5.88 Å². The van der Waals surface area contributed by atoms with Crippen LogP contribution in [0.25, 0.3) is 11.1 Å². The van der Waals surface area contributed by atoms with Gasteiger partial charge in [-0.05, 0) is 24.6 Å². The van der Waals surface area contributed by atoms with Gasteiger partial charge in [-0.1, -0.05) is 28.1 Å². The fourth-order valence-corrected chi connectivity index (χ4v) is 3.95. The van der Waals surface area contributed by atoms with Gasteiger partial charge in [0.25, 0.3) is 5.56 Å². The molecule has 0 saturated carbocycles. The smallest absolute Gasteiger partial charge is 0.341 e. The van der Waals surface area contributed by atoms with Crippen LogP contribution in [-0.2, 0) is 18.8 Å². The Labute approximate surface area is 183 Å². The molecule has 10 heteroatoms. The highest BCUT2D eigenvalue weighted by Crippen LogP contribution is 2.38. The molecule has 0 amide bonds. The molecule has 0 atom stereocenters. The Balaban J connectivity index is 2.14. The highest BCUT2D eigenvalue weighted by molar-refractivity contribution is 9.10. The number of aliphatic imine (C=N–C) groups is 1. The van der Waals surface area contributed by atoms with E-state index in [1.807, 2.05) is 24.3 Å². The number of hydrogen-bond donors (Lipinski definition) is 1. The molecular formula is C20H18BrN3O5S. The standard InChI is InChI=1S/C20H18BrN3O5S/c1-4-29-19(27)15-14(11-5-7-12(21)8-6-11)10-30-16(15)22-9-13-17(25)23(2)20(28)24(3)18(13)26/h5-10,25H,4H2,1-3H3. The highest BCUT2D eigenvalue weighted by atomic mass is 79.9. The van der Waals surface area contributed by atoms with Crippen molar-refractivity contribution in [3.63, 3.8) is 0 Å². The van der Waals surface area contributed by atoms with Crippen LogP contribution >= 0.6 is 27.3 Å². The van der Waals surface area contributed by atoms with E-state index in [0.29, 0.717) is 10.6 Å². The zero-order chi connectivity index (χ0) is 22.0. The molecule has 0 bridgehead atoms. The summed E-state index contributed by atoms with van der Waals surface area (Å²) < 4.78 is 7.90. The Hall–Kier alpha value is -2.98. The van der Waals surface area contributed by atoms with Crippen LogP contribution in [0, 0.1) is 0 Å². The maximum absolute atomic E-state index is 12.6. The number of benzene rings is 1. The zero-order valence-corrected chi connectivity index (χ0v) is 18.8. The first-order chi connectivity index (χ1) is 14.3. The van der Waals surface area contributed by atoms with E-state index in [0.717, 1.165) is 25.4 Å². The van der Waals surface area contributed by atoms with Crippen molar-refractivity contribution in [3.8, 4) is 17.0 Å². The Morgan fingerprint density at radius 1 is 1.23 bits per heavy atom. The molecular weight excluding hydrogens is 474 g/mol. The summed E-state index contributed by atoms with van der Waals surface area (Å²) in [6.45, 7) is 1.90. The summed E-state index contributed by atoms with van der Waals surface area (Å²) in [5.74, 6) is -1.05. The van der Waals surface area contributed by atoms with Gasteiger partial charge in [0.15, 0.2) is 0 Å². The van der Waals surface area contributed by atoms with Crippen LogP contribution in [0.4, 0.5) is 5.00 Å². The van der Waals surface area contributed by atoms with Gasteiger partial charge in [0, 0.05) is 35.7 Å². The van der Waals surface area contributed by atoms with Gasteiger partial charge in [-0.3, -0.25) is 13.9 Å². The summed E-state index contributed by atoms with van der Waals surface area (Å²) >= 11 is 4.59. The normalized spacial score (nSPS) is 11.2. The number of aromatic nitrogens is 2. The lowest BCUT2D eigenvalue weighted by Gasteiger charge is -2.07. The number of aromatic hydroxyl groups is 1. The molecule has 30 heavy (non-hydrogen) atoms. The number of hydrogen-bond acceptors (Lipinski definition) is 7. The molecule has 8 nitrogen and oxygen atoms in total. The van der Waals surface area contributed by atoms with Crippen molar-refractivity contribution in [2.24, 2.45) is 19.1 Å². The van der Waals surface area contributed by atoms with Crippen LogP contribution in [0.1, 0.15) is 22.8 Å². The Kier molecular flexibility index (Phi) is 6.37. The van der Waals surface area contributed by atoms with E-state index in [2.05, 4.69) is 20.9 Å². The largest absolute Gasteiger partial charge is 0.494 e. The van der Waals surface area contributed by atoms with E-state index in [4.69, 9.17) is 4.74 Å². The lowest BCUT2D eigenvalue weighted by molar-refractivity contribution is 0.0529. The van der Waals surface area contributed by atoms with Crippen molar-refractivity contribution >= 4 is 44.5 Å². The van der Waals surface area contributed by atoms with E-state index in [9.17, 15) is 19.5 Å². The predicted molar refractivity (Wildman–Crippen MR) is 119 cm³/mol. The van der Waals surface area contributed by atoms with Crippen molar-refractivity contribution in [3.05, 3.63) is 66.1 Å². The van der Waals surface area contributed by atoms with E-state index >= 15 is 0 Å². The number of ether oxygens (including phenoxy) is 1. The van der Waals surface area contributed by atoms with E-state index in [-0.39, 0.29) is 17.7 Å². The third-order valence-corrected chi connectivity index (χ3v) is 5.80. The number of rotatable bonds is 5. The molecule has 0 unspecified atom stereocenters. The van der Waals surface area contributed by atoms with Gasteiger partial charge < -0.3 is 9.84 Å². The summed E-state index contributed by atoms with van der Waals surface area (Å²) in [6, 6.07) is 7.43. The molecule has 3 rings (SSSR count). The molecule has 2 aromatic heterocycles. The summed E-state index contributed by atoms with van der Waals surface area (Å²) in [5.41, 5.74) is 0.210. The second-order valence-corrected chi connectivity index (χ2v) is 8.03. The maximum Gasteiger partial charge on any atom is 0.341 e. The fraction of sp³-hybridized carbons (Fsp3) is 0.200. The van der Waals surface area contributed by atoms with E-state index in [1.165, 1.54) is 25.4 Å². The number of thiophene rings is 1. The minimum Gasteiger partial charge on any atom is -0.494 e. The number of halogens is 1. The molecule has 2 heterocycles. The Morgan fingerprint density at radius 3 is 2.53 bits per heavy atom. The molecule has 3 aromatic rings. The highest BCUT2D eigenvalue weighted by Gasteiger charge is 2.22. The summed E-state index contributed by atoms with van der Waals surface area (Å²) in [6.07, 6.45) is 1.15. The van der Waals surface area contributed by atoms with Crippen molar-refractivity contribution in [2.45, 2.75) is 6.92 Å². The first-order valence-electron chi connectivity index (χ1n) is 8.83. The van der Waals surface area contributed by atoms with Crippen molar-refractivity contribution < 1.29 is 14.6 Å². The van der Waals surface area contributed by atoms with Gasteiger partial charge in [-0.15, -0.1) is 11.3 Å². The van der Waals surface area contributed by atoms with Gasteiger partial charge in [-0.2, -0.15) is 0 Å². The van der Waals surface area contributed by atoms with Gasteiger partial charge in [0.2, 0.25) is 5.88 Å². The van der Waals surface area contributed by atoms with Gasteiger partial charge in [0.1, 0.15) is 16.1 Å². The topological polar surface area (TPSA) is 103 Å². The van der Waals surface area contributed by atoms with E-state index in [1.54, 1.807) is 12.3 Å². The lowest BCUT2D eigenvalue weighted by atomic mass is 10.0. The molecule has 1 N–H and O–H groups in total. The van der Waals surface area contributed by atoms with Gasteiger partial charge in [-0.25, -0.2) is 14.6 Å². The molecule has 0 aliphatic carbocycles. The van der Waals surface area contributed by atoms with Crippen molar-refractivity contribution in [1.82, 2.24) is 9.13 Å². The average molecular weight is 492 g/mol. The molecule has 0 fully saturated rings. The zero-order valence-electron chi connectivity index (χ0n) is 16.4. The number of carbonyl (C=O) groups excluding carboxylic acids is 1. The molecule has 1 aromatic carbocycles. The van der Waals surface area contributed by atoms with Crippen molar-refractivity contribution in [1.29, 1.82) is 0 Å². The van der Waals surface area contributed by atoms with Crippen LogP contribution in [0.3, 0.4) is 0 Å². The number of esters is 1. The van der Waals surface area contributed by atoms with Crippen LogP contribution in [-0.4, -0.2) is 33.0 Å². The second kappa shape index (κ2) is 8.80. The summed E-state index contributed by atoms with van der Waals surface area (Å²) in [7, 11) is 2.65. The Morgan fingerprint density at radius 2 is 1.90 bits per heavy atom. The number of carbonyl (C=O) groups is 1. The molecule has 0 saturated heterocycles. The average Bonchev–Trinajstić information content (AvgIpc) is 3.15. The van der Waals surface area contributed by atoms with Crippen molar-refractivity contribution in [2.75, 3.05) is 6.61 Å². The minimum absolute atomic E-state index is 0.159. The van der Waals surface area contributed by atoms with Gasteiger partial charge in [0.05, 0.1) is 6.61 Å². The summed E-state index contributed by atoms with van der Waals surface area (Å²) in [5, 5.41) is 12.3. The molecule has 156 valence electrons. The second-order valence-electron chi connectivity index (χ2n) is 6.26. The number of nitrogens with zero attached hydrogens (tertiary/aromatic N) is 3. The van der Waals surface area contributed by atoms with Crippen LogP contribution in [0.2, 0.25) is 0 Å². The Bertz CT molecular complexity index is 1260. The van der Waals surface area contributed by atoms with Gasteiger partial charge >= 0.3 is 11.7 Å². The first-order valence-corrected chi connectivity index (χ1v) is 10.5. The predicted octanol–water partition coefficient (Wildman–Crippen LogP) is 3.21. The molecule has 0 aliphatic heterocycles. The third kappa shape index (κ3) is 4.01. The fourth-order valence-electron chi connectivity index (χ4n) is 2.78. The molecule has 0 spiro atoms. The molecule has 0 aliphatic rings.